The summed E-state index contributed by atoms with van der Waals surface area (Å²) in [6, 6.07) is 11.3. The summed E-state index contributed by atoms with van der Waals surface area (Å²) < 4.78 is 33.5. The number of aryl methyl sites for hydroxylation is 2. The second kappa shape index (κ2) is 9.85. The second-order valence-electron chi connectivity index (χ2n) is 10.3. The molecule has 2 aliphatic heterocycles. The van der Waals surface area contributed by atoms with Gasteiger partial charge in [0.15, 0.2) is 0 Å². The third-order valence-corrected chi connectivity index (χ3v) is 9.96. The molecule has 2 aromatic carbocycles. The van der Waals surface area contributed by atoms with Crippen LogP contribution in [-0.2, 0) is 4.79 Å². The minimum absolute atomic E-state index is 0.00840. The Balaban J connectivity index is 1.49. The molecule has 2 aliphatic rings. The van der Waals surface area contributed by atoms with Crippen LogP contribution in [-0.4, -0.2) is 48.3 Å². The van der Waals surface area contributed by atoms with Gasteiger partial charge in [0.2, 0.25) is 5.91 Å². The van der Waals surface area contributed by atoms with Gasteiger partial charge in [-0.15, -0.1) is 0 Å². The number of fused-ring (bicyclic) bond motifs is 1. The lowest BCUT2D eigenvalue weighted by atomic mass is 10.0. The Hall–Kier alpha value is -3.05. The predicted molar refractivity (Wildman–Crippen MR) is 153 cm³/mol. The molecule has 0 spiro atoms. The van der Waals surface area contributed by atoms with Gasteiger partial charge in [-0.25, -0.2) is 4.98 Å². The first-order chi connectivity index (χ1) is 18.7. The summed E-state index contributed by atoms with van der Waals surface area (Å²) in [6.45, 7) is 3.81. The molecule has 6 rings (SSSR count). The Morgan fingerprint density at radius 3 is 2.54 bits per heavy atom. The van der Waals surface area contributed by atoms with Gasteiger partial charge in [0.1, 0.15) is 17.3 Å². The number of halogens is 1. The number of hydrogen-bond donors (Lipinski definition) is 2. The molecule has 206 valence electrons. The molecule has 39 heavy (non-hydrogen) atoms. The van der Waals surface area contributed by atoms with E-state index in [2.05, 4.69) is 15.8 Å². The summed E-state index contributed by atoms with van der Waals surface area (Å²) in [7, 11) is -0.995. The van der Waals surface area contributed by atoms with Crippen LogP contribution < -0.4 is 9.64 Å². The summed E-state index contributed by atoms with van der Waals surface area (Å²) in [5, 5.41) is 4.54. The Labute approximate surface area is 233 Å². The van der Waals surface area contributed by atoms with Gasteiger partial charge in [-0.05, 0) is 69.0 Å². The van der Waals surface area contributed by atoms with Gasteiger partial charge >= 0.3 is 0 Å². The molecule has 2 N–H and O–H groups in total. The predicted octanol–water partition coefficient (Wildman–Crippen LogP) is 6.92. The van der Waals surface area contributed by atoms with Crippen LogP contribution in [0.4, 0.5) is 5.69 Å². The Morgan fingerprint density at radius 2 is 1.87 bits per heavy atom. The number of methoxy groups -OCH3 is 1. The van der Waals surface area contributed by atoms with E-state index in [1.54, 1.807) is 24.1 Å². The highest BCUT2D eigenvalue weighted by Crippen LogP contribution is 2.49. The van der Waals surface area contributed by atoms with Crippen molar-refractivity contribution in [1.82, 2.24) is 14.7 Å². The van der Waals surface area contributed by atoms with Crippen molar-refractivity contribution in [2.24, 2.45) is 0 Å². The van der Waals surface area contributed by atoms with E-state index in [9.17, 15) is 13.9 Å². The van der Waals surface area contributed by atoms with Gasteiger partial charge in [-0.3, -0.25) is 13.9 Å². The number of imidazole rings is 1. The molecule has 0 radical (unpaired) electrons. The second-order valence-corrected chi connectivity index (χ2v) is 13.1. The number of nitrogens with zero attached hydrogens (tertiary/aromatic N) is 4. The highest BCUT2D eigenvalue weighted by atomic mass is 35.5. The number of aromatic nitrogens is 3. The largest absolute Gasteiger partial charge is 0.495 e. The van der Waals surface area contributed by atoms with Crippen molar-refractivity contribution < 1.29 is 23.2 Å². The summed E-state index contributed by atoms with van der Waals surface area (Å²) >= 11 is 6.44. The quantitative estimate of drug-likeness (QED) is 0.267. The number of amides is 1. The lowest BCUT2D eigenvalue weighted by molar-refractivity contribution is -0.117. The van der Waals surface area contributed by atoms with E-state index in [1.165, 1.54) is 0 Å². The van der Waals surface area contributed by atoms with Crippen molar-refractivity contribution in [3.05, 3.63) is 58.7 Å². The standard InChI is InChI=1S/C28H31ClN4O5S/c1-16-27(17(2)38-31-16)18-4-6-23-22(14-18)30-28(33(23)19-10-12-39(35,36)13-11-19)24-7-9-26(34)32(24)20-5-8-25(37-3)21(29)15-20/h4-6,8,14-15,19,24,35-36H,7,9-13H2,1-3H3. The van der Waals surface area contributed by atoms with Gasteiger partial charge in [0.05, 0.1) is 34.9 Å². The lowest BCUT2D eigenvalue weighted by Crippen LogP contribution is -2.31. The number of carbonyl (C=O) groups is 1. The minimum Gasteiger partial charge on any atom is -0.495 e. The average Bonchev–Trinajstić information content (AvgIpc) is 3.57. The molecule has 0 bridgehead atoms. The maximum Gasteiger partial charge on any atom is 0.227 e. The Kier molecular flexibility index (Phi) is 6.61. The molecular weight excluding hydrogens is 540 g/mol. The van der Waals surface area contributed by atoms with Crippen LogP contribution in [0.1, 0.15) is 55.0 Å². The van der Waals surface area contributed by atoms with Gasteiger partial charge in [-0.1, -0.05) is 22.8 Å². The summed E-state index contributed by atoms with van der Waals surface area (Å²) in [5.74, 6) is 2.80. The van der Waals surface area contributed by atoms with Crippen molar-refractivity contribution in [3.63, 3.8) is 0 Å². The van der Waals surface area contributed by atoms with Crippen molar-refractivity contribution in [3.8, 4) is 16.9 Å². The highest BCUT2D eigenvalue weighted by Gasteiger charge is 2.39. The van der Waals surface area contributed by atoms with E-state index >= 15 is 0 Å². The van der Waals surface area contributed by atoms with Crippen LogP contribution in [0.15, 0.2) is 40.9 Å². The molecule has 11 heteroatoms. The first-order valence-electron chi connectivity index (χ1n) is 13.0. The summed E-state index contributed by atoms with van der Waals surface area (Å²) in [4.78, 5) is 20.2. The molecule has 1 atom stereocenters. The molecule has 9 nitrogen and oxygen atoms in total. The number of rotatable bonds is 5. The van der Waals surface area contributed by atoms with Crippen molar-refractivity contribution in [1.29, 1.82) is 0 Å². The average molecular weight is 571 g/mol. The van der Waals surface area contributed by atoms with Gasteiger partial charge in [0, 0.05) is 35.2 Å². The topological polar surface area (TPSA) is 114 Å². The van der Waals surface area contributed by atoms with Crippen molar-refractivity contribution in [2.45, 2.75) is 51.6 Å². The number of benzene rings is 2. The van der Waals surface area contributed by atoms with E-state index < -0.39 is 10.6 Å². The van der Waals surface area contributed by atoms with E-state index in [1.807, 2.05) is 32.0 Å². The van der Waals surface area contributed by atoms with E-state index in [0.29, 0.717) is 53.6 Å². The summed E-state index contributed by atoms with van der Waals surface area (Å²) in [5.41, 5.74) is 5.19. The fourth-order valence-electron chi connectivity index (χ4n) is 6.00. The summed E-state index contributed by atoms with van der Waals surface area (Å²) in [6.07, 6.45) is 2.26. The van der Waals surface area contributed by atoms with Crippen LogP contribution in [0, 0.1) is 13.8 Å². The fourth-order valence-corrected chi connectivity index (χ4v) is 7.75. The molecular formula is C28H31ClN4O5S. The molecule has 1 amide bonds. The normalized spacial score (nSPS) is 20.6. The zero-order valence-electron chi connectivity index (χ0n) is 22.1. The van der Waals surface area contributed by atoms with Crippen LogP contribution in [0.25, 0.3) is 22.2 Å². The molecule has 2 fully saturated rings. The van der Waals surface area contributed by atoms with E-state index in [-0.39, 0.29) is 18.0 Å². The molecule has 0 aliphatic carbocycles. The van der Waals surface area contributed by atoms with Crippen LogP contribution in [0.5, 0.6) is 5.75 Å². The highest BCUT2D eigenvalue weighted by molar-refractivity contribution is 8.24. The number of carbonyl (C=O) groups excluding carboxylic acids is 1. The monoisotopic (exact) mass is 570 g/mol. The van der Waals surface area contributed by atoms with Crippen molar-refractivity contribution >= 4 is 44.8 Å². The molecule has 4 heterocycles. The van der Waals surface area contributed by atoms with Gasteiger partial charge in [0.25, 0.3) is 0 Å². The molecule has 2 saturated heterocycles. The van der Waals surface area contributed by atoms with Crippen LogP contribution >= 0.6 is 22.2 Å². The smallest absolute Gasteiger partial charge is 0.227 e. The molecule has 1 unspecified atom stereocenters. The first-order valence-corrected chi connectivity index (χ1v) is 15.3. The lowest BCUT2D eigenvalue weighted by Gasteiger charge is -2.40. The van der Waals surface area contributed by atoms with Gasteiger partial charge < -0.3 is 18.7 Å². The van der Waals surface area contributed by atoms with Crippen LogP contribution in [0.3, 0.4) is 0 Å². The number of anilines is 1. The van der Waals surface area contributed by atoms with Gasteiger partial charge in [-0.2, -0.15) is 10.6 Å². The van der Waals surface area contributed by atoms with E-state index in [0.717, 1.165) is 39.4 Å². The zero-order chi connectivity index (χ0) is 27.5. The Morgan fingerprint density at radius 1 is 1.10 bits per heavy atom. The molecule has 0 saturated carbocycles. The minimum atomic E-state index is -2.55. The fraction of sp³-hybridized carbons (Fsp3) is 0.393. The molecule has 2 aromatic heterocycles. The van der Waals surface area contributed by atoms with Crippen LogP contribution in [0.2, 0.25) is 5.02 Å². The number of ether oxygens (including phenoxy) is 1. The van der Waals surface area contributed by atoms with E-state index in [4.69, 9.17) is 25.8 Å². The number of hydrogen-bond acceptors (Lipinski definition) is 7. The maximum atomic E-state index is 13.2. The third-order valence-electron chi connectivity index (χ3n) is 7.88. The molecule has 4 aromatic rings. The zero-order valence-corrected chi connectivity index (χ0v) is 23.6. The Bertz CT molecular complexity index is 1550. The van der Waals surface area contributed by atoms with Crippen molar-refractivity contribution in [2.75, 3.05) is 23.5 Å². The maximum absolute atomic E-state index is 13.2. The SMILES string of the molecule is COc1ccc(N2C(=O)CCC2c2nc3cc(-c4c(C)noc4C)ccc3n2C2CCS(O)(O)CC2)cc1Cl. The first kappa shape index (κ1) is 26.2. The third kappa shape index (κ3) is 4.59.